The number of thiocarbonyl (C=S) groups is 1. The first kappa shape index (κ1) is 25.2. The smallest absolute Gasteiger partial charge is 0.433 e. The average Bonchev–Trinajstić information content (AvgIpc) is 2.83. The number of rotatable bonds is 6. The highest BCUT2D eigenvalue weighted by atomic mass is 35.5. The predicted octanol–water partition coefficient (Wildman–Crippen LogP) is 7.13. The number of nitrogens with one attached hydrogen (secondary N) is 2. The molecular formula is C25H24ClF3N4OS. The van der Waals surface area contributed by atoms with E-state index in [4.69, 9.17) is 28.6 Å². The zero-order valence-corrected chi connectivity index (χ0v) is 20.3. The summed E-state index contributed by atoms with van der Waals surface area (Å²) >= 11 is 11.6. The second-order valence-corrected chi connectivity index (χ2v) is 9.33. The van der Waals surface area contributed by atoms with Gasteiger partial charge in [-0.05, 0) is 54.9 Å². The number of nitrogens with zero attached hydrogens (tertiary/aromatic N) is 2. The Kier molecular flexibility index (Phi) is 7.76. The molecule has 0 saturated heterocycles. The minimum atomic E-state index is -4.68. The van der Waals surface area contributed by atoms with Crippen LogP contribution in [0.1, 0.15) is 43.4 Å². The van der Waals surface area contributed by atoms with Crippen molar-refractivity contribution in [3.05, 3.63) is 76.9 Å². The molecule has 184 valence electrons. The summed E-state index contributed by atoms with van der Waals surface area (Å²) in [6.45, 7) is 0.505. The number of hydrogen-bond donors (Lipinski definition) is 2. The number of alkyl halides is 3. The molecular weight excluding hydrogens is 497 g/mol. The minimum Gasteiger partial charge on any atom is -0.439 e. The monoisotopic (exact) mass is 520 g/mol. The van der Waals surface area contributed by atoms with Gasteiger partial charge in [0.2, 0.25) is 11.8 Å². The minimum absolute atomic E-state index is 0.127. The topological polar surface area (TPSA) is 59.1 Å². The highest BCUT2D eigenvalue weighted by Gasteiger charge is 2.35. The Bertz CT molecular complexity index is 1170. The van der Waals surface area contributed by atoms with Crippen LogP contribution in [0.4, 0.5) is 19.1 Å². The van der Waals surface area contributed by atoms with Crippen molar-refractivity contribution in [3.63, 3.8) is 0 Å². The van der Waals surface area contributed by atoms with Crippen molar-refractivity contribution in [3.8, 4) is 11.6 Å². The molecule has 0 radical (unpaired) electrons. The van der Waals surface area contributed by atoms with Crippen LogP contribution in [0.5, 0.6) is 11.6 Å². The number of halogens is 4. The van der Waals surface area contributed by atoms with Gasteiger partial charge in [0, 0.05) is 23.0 Å². The molecule has 1 aliphatic carbocycles. The number of ether oxygens (including phenoxy) is 1. The van der Waals surface area contributed by atoms with E-state index in [9.17, 15) is 13.2 Å². The van der Waals surface area contributed by atoms with Crippen LogP contribution < -0.4 is 15.4 Å². The quantitative estimate of drug-likeness (QED) is 0.337. The van der Waals surface area contributed by atoms with Crippen LogP contribution >= 0.6 is 23.8 Å². The largest absolute Gasteiger partial charge is 0.439 e. The third-order valence-electron chi connectivity index (χ3n) is 6.02. The van der Waals surface area contributed by atoms with Crippen LogP contribution in [0.15, 0.2) is 60.7 Å². The van der Waals surface area contributed by atoms with Gasteiger partial charge >= 0.3 is 6.18 Å². The van der Waals surface area contributed by atoms with Gasteiger partial charge in [0.05, 0.1) is 0 Å². The number of aromatic nitrogens is 2. The highest BCUT2D eigenvalue weighted by molar-refractivity contribution is 7.80. The highest BCUT2D eigenvalue weighted by Crippen LogP contribution is 2.40. The van der Waals surface area contributed by atoms with E-state index in [1.54, 1.807) is 30.3 Å². The lowest BCUT2D eigenvalue weighted by atomic mass is 9.69. The van der Waals surface area contributed by atoms with Crippen molar-refractivity contribution in [1.29, 1.82) is 0 Å². The summed E-state index contributed by atoms with van der Waals surface area (Å²) in [5, 5.41) is 6.64. The van der Waals surface area contributed by atoms with E-state index in [1.165, 1.54) is 0 Å². The maximum absolute atomic E-state index is 13.5. The number of para-hydroxylation sites is 1. The molecule has 0 spiro atoms. The van der Waals surface area contributed by atoms with Gasteiger partial charge in [-0.25, -0.2) is 4.98 Å². The van der Waals surface area contributed by atoms with Crippen molar-refractivity contribution < 1.29 is 17.9 Å². The molecule has 1 aromatic heterocycles. The summed E-state index contributed by atoms with van der Waals surface area (Å²) in [6.07, 6.45) is 0.544. The molecule has 1 fully saturated rings. The molecule has 0 aliphatic heterocycles. The Hall–Kier alpha value is -2.91. The fraction of sp³-hybridized carbons (Fsp3) is 0.320. The van der Waals surface area contributed by atoms with Crippen LogP contribution in [-0.2, 0) is 11.6 Å². The SMILES string of the molecule is FC(F)(F)c1cc(Oc2ccccc2)nc(NC(=S)NCC2(c3cccc(Cl)c3)CCCCC2)n1. The van der Waals surface area contributed by atoms with Gasteiger partial charge in [-0.2, -0.15) is 18.2 Å². The van der Waals surface area contributed by atoms with Gasteiger partial charge in [0.15, 0.2) is 10.8 Å². The van der Waals surface area contributed by atoms with Gasteiger partial charge in [-0.3, -0.25) is 0 Å². The summed E-state index contributed by atoms with van der Waals surface area (Å²) in [4.78, 5) is 7.67. The standard InChI is InChI=1S/C25H24ClF3N4OS/c26-18-9-7-8-17(14-18)24(12-5-2-6-13-24)16-30-23(35)33-22-31-20(25(27,28)29)15-21(32-22)34-19-10-3-1-4-11-19/h1,3-4,7-11,14-15H,2,5-6,12-13,16H2,(H2,30,31,32,33,35). The van der Waals surface area contributed by atoms with E-state index in [-0.39, 0.29) is 22.4 Å². The summed E-state index contributed by atoms with van der Waals surface area (Å²) in [6, 6.07) is 17.0. The zero-order chi connectivity index (χ0) is 24.9. The lowest BCUT2D eigenvalue weighted by Gasteiger charge is -2.38. The molecule has 0 amide bonds. The van der Waals surface area contributed by atoms with Crippen molar-refractivity contribution in [2.45, 2.75) is 43.7 Å². The number of benzene rings is 2. The first-order valence-corrected chi connectivity index (χ1v) is 12.0. The maximum atomic E-state index is 13.5. The maximum Gasteiger partial charge on any atom is 0.433 e. The molecule has 10 heteroatoms. The summed E-state index contributed by atoms with van der Waals surface area (Å²) < 4.78 is 45.9. The Morgan fingerprint density at radius 2 is 1.74 bits per heavy atom. The Labute approximate surface area is 212 Å². The fourth-order valence-corrected chi connectivity index (χ4v) is 4.65. The Balaban J connectivity index is 1.51. The van der Waals surface area contributed by atoms with Crippen LogP contribution in [0, 0.1) is 0 Å². The molecule has 2 aromatic carbocycles. The van der Waals surface area contributed by atoms with Crippen LogP contribution in [-0.4, -0.2) is 21.6 Å². The van der Waals surface area contributed by atoms with E-state index in [0.29, 0.717) is 17.3 Å². The molecule has 35 heavy (non-hydrogen) atoms. The fourth-order valence-electron chi connectivity index (χ4n) is 4.30. The Morgan fingerprint density at radius 1 is 1.00 bits per heavy atom. The average molecular weight is 521 g/mol. The van der Waals surface area contributed by atoms with Gasteiger partial charge in [-0.15, -0.1) is 0 Å². The molecule has 5 nitrogen and oxygen atoms in total. The van der Waals surface area contributed by atoms with Gasteiger partial charge < -0.3 is 15.4 Å². The molecule has 0 atom stereocenters. The lowest BCUT2D eigenvalue weighted by molar-refractivity contribution is -0.141. The van der Waals surface area contributed by atoms with Gasteiger partial charge in [-0.1, -0.05) is 61.2 Å². The second-order valence-electron chi connectivity index (χ2n) is 8.49. The van der Waals surface area contributed by atoms with E-state index in [0.717, 1.165) is 43.7 Å². The first-order valence-electron chi connectivity index (χ1n) is 11.2. The number of anilines is 1. The van der Waals surface area contributed by atoms with Crippen LogP contribution in [0.2, 0.25) is 5.02 Å². The van der Waals surface area contributed by atoms with Crippen molar-refractivity contribution in [2.24, 2.45) is 0 Å². The zero-order valence-electron chi connectivity index (χ0n) is 18.7. The molecule has 1 heterocycles. The summed E-state index contributed by atoms with van der Waals surface area (Å²) in [5.41, 5.74) is -0.189. The molecule has 0 bridgehead atoms. The second kappa shape index (κ2) is 10.8. The van der Waals surface area contributed by atoms with Crippen molar-refractivity contribution in [2.75, 3.05) is 11.9 Å². The third-order valence-corrected chi connectivity index (χ3v) is 6.50. The molecule has 1 saturated carbocycles. The van der Waals surface area contributed by atoms with Gasteiger partial charge in [0.25, 0.3) is 0 Å². The molecule has 0 unspecified atom stereocenters. The first-order chi connectivity index (χ1) is 16.7. The van der Waals surface area contributed by atoms with Gasteiger partial charge in [0.1, 0.15) is 5.75 Å². The molecule has 1 aliphatic rings. The normalized spacial score (nSPS) is 15.3. The van der Waals surface area contributed by atoms with Crippen molar-refractivity contribution >= 4 is 34.9 Å². The van der Waals surface area contributed by atoms with E-state index >= 15 is 0 Å². The van der Waals surface area contributed by atoms with E-state index in [2.05, 4.69) is 26.7 Å². The van der Waals surface area contributed by atoms with Crippen LogP contribution in [0.25, 0.3) is 0 Å². The Morgan fingerprint density at radius 3 is 2.43 bits per heavy atom. The third kappa shape index (κ3) is 6.61. The molecule has 2 N–H and O–H groups in total. The predicted molar refractivity (Wildman–Crippen MR) is 134 cm³/mol. The summed E-state index contributed by atoms with van der Waals surface area (Å²) in [5.74, 6) is -0.193. The van der Waals surface area contributed by atoms with E-state index < -0.39 is 11.9 Å². The van der Waals surface area contributed by atoms with Crippen molar-refractivity contribution in [1.82, 2.24) is 15.3 Å². The summed E-state index contributed by atoms with van der Waals surface area (Å²) in [7, 11) is 0. The van der Waals surface area contributed by atoms with Crippen LogP contribution in [0.3, 0.4) is 0 Å². The molecule has 3 aromatic rings. The molecule has 4 rings (SSSR count). The lowest BCUT2D eigenvalue weighted by Crippen LogP contribution is -2.43. The van der Waals surface area contributed by atoms with E-state index in [1.807, 2.05) is 18.2 Å². The number of hydrogen-bond acceptors (Lipinski definition) is 4.